The largest absolute Gasteiger partial charge is 0.361 e. The number of carbonyl (C=O) groups excluding carboxylic acids is 1. The van der Waals surface area contributed by atoms with E-state index in [-0.39, 0.29) is 11.8 Å². The van der Waals surface area contributed by atoms with Crippen LogP contribution in [0.3, 0.4) is 0 Å². The molecular formula is C20H17Br2N3O. The van der Waals surface area contributed by atoms with Gasteiger partial charge in [-0.2, -0.15) is 0 Å². The van der Waals surface area contributed by atoms with E-state index in [1.165, 1.54) is 0 Å². The van der Waals surface area contributed by atoms with E-state index in [1.54, 1.807) is 6.92 Å². The standard InChI is InChI=1S/C20H17Br2N3O/c1-11(26)23-8-18(16-9-24-19-4-2-12(21)6-14(16)19)17-10-25-20-5-3-13(22)7-15(17)20/h2-7,9-10,18,24-25H,8H2,1H3,(H,23,26). The SMILES string of the molecule is CC(=O)NCC(c1c[nH]c2ccc(Br)cc12)c1c[nH]c2ccc(Br)cc12. The molecule has 0 fully saturated rings. The lowest BCUT2D eigenvalue weighted by Crippen LogP contribution is -2.26. The Morgan fingerprint density at radius 2 is 1.46 bits per heavy atom. The van der Waals surface area contributed by atoms with Crippen LogP contribution < -0.4 is 5.32 Å². The summed E-state index contributed by atoms with van der Waals surface area (Å²) in [4.78, 5) is 18.3. The molecule has 0 spiro atoms. The maximum atomic E-state index is 11.6. The Balaban J connectivity index is 1.89. The predicted molar refractivity (Wildman–Crippen MR) is 113 cm³/mol. The van der Waals surface area contributed by atoms with Gasteiger partial charge in [0.15, 0.2) is 0 Å². The topological polar surface area (TPSA) is 60.7 Å². The van der Waals surface area contributed by atoms with Crippen molar-refractivity contribution < 1.29 is 4.79 Å². The van der Waals surface area contributed by atoms with Crippen molar-refractivity contribution in [3.63, 3.8) is 0 Å². The molecule has 0 radical (unpaired) electrons. The summed E-state index contributed by atoms with van der Waals surface area (Å²) in [5.74, 6) is 0.00189. The van der Waals surface area contributed by atoms with Crippen molar-refractivity contribution >= 4 is 59.6 Å². The minimum absolute atomic E-state index is 0.0305. The van der Waals surface area contributed by atoms with E-state index in [1.807, 2.05) is 24.5 Å². The van der Waals surface area contributed by atoms with Crippen molar-refractivity contribution in [3.8, 4) is 0 Å². The molecule has 0 saturated carbocycles. The number of aromatic nitrogens is 2. The normalized spacial score (nSPS) is 11.5. The van der Waals surface area contributed by atoms with Crippen molar-refractivity contribution in [1.29, 1.82) is 0 Å². The Kier molecular flexibility index (Phi) is 4.63. The quantitative estimate of drug-likeness (QED) is 0.362. The Morgan fingerprint density at radius 1 is 0.962 bits per heavy atom. The zero-order valence-corrected chi connectivity index (χ0v) is 17.2. The van der Waals surface area contributed by atoms with Crippen LogP contribution in [0.15, 0.2) is 57.7 Å². The molecule has 4 rings (SSSR count). The second-order valence-electron chi connectivity index (χ2n) is 6.36. The van der Waals surface area contributed by atoms with Crippen LogP contribution in [0.25, 0.3) is 21.8 Å². The smallest absolute Gasteiger partial charge is 0.216 e. The highest BCUT2D eigenvalue weighted by molar-refractivity contribution is 9.10. The van der Waals surface area contributed by atoms with Gasteiger partial charge in [-0.05, 0) is 47.5 Å². The van der Waals surface area contributed by atoms with Crippen molar-refractivity contribution in [2.45, 2.75) is 12.8 Å². The van der Waals surface area contributed by atoms with Gasteiger partial charge in [0.05, 0.1) is 0 Å². The van der Waals surface area contributed by atoms with E-state index >= 15 is 0 Å². The lowest BCUT2D eigenvalue weighted by molar-refractivity contribution is -0.118. The highest BCUT2D eigenvalue weighted by Gasteiger charge is 2.22. The molecule has 26 heavy (non-hydrogen) atoms. The number of amides is 1. The molecule has 2 heterocycles. The van der Waals surface area contributed by atoms with Crippen molar-refractivity contribution in [1.82, 2.24) is 15.3 Å². The third-order valence-corrected chi connectivity index (χ3v) is 5.64. The number of rotatable bonds is 4. The highest BCUT2D eigenvalue weighted by Crippen LogP contribution is 2.36. The molecule has 6 heteroatoms. The van der Waals surface area contributed by atoms with Gasteiger partial charge >= 0.3 is 0 Å². The Morgan fingerprint density at radius 3 is 1.92 bits per heavy atom. The molecule has 3 N–H and O–H groups in total. The first-order valence-corrected chi connectivity index (χ1v) is 9.89. The molecule has 0 unspecified atom stereocenters. The second kappa shape index (κ2) is 6.93. The molecule has 4 aromatic rings. The summed E-state index contributed by atoms with van der Waals surface area (Å²) >= 11 is 7.13. The summed E-state index contributed by atoms with van der Waals surface area (Å²) in [5, 5.41) is 5.29. The predicted octanol–water partition coefficient (Wildman–Crippen LogP) is 5.44. The number of nitrogens with one attached hydrogen (secondary N) is 3. The Bertz CT molecular complexity index is 1030. The third-order valence-electron chi connectivity index (χ3n) is 4.66. The fraction of sp³-hybridized carbons (Fsp3) is 0.150. The number of carbonyl (C=O) groups is 1. The maximum Gasteiger partial charge on any atom is 0.216 e. The average molecular weight is 475 g/mol. The number of fused-ring (bicyclic) bond motifs is 2. The van der Waals surface area contributed by atoms with Gasteiger partial charge in [-0.1, -0.05) is 31.9 Å². The molecule has 4 nitrogen and oxygen atoms in total. The summed E-state index contributed by atoms with van der Waals surface area (Å²) < 4.78 is 2.07. The monoisotopic (exact) mass is 473 g/mol. The van der Waals surface area contributed by atoms with Gasteiger partial charge in [0, 0.05) is 62.5 Å². The molecule has 0 bridgehead atoms. The van der Waals surface area contributed by atoms with Crippen LogP contribution >= 0.6 is 31.9 Å². The van der Waals surface area contributed by atoms with Crippen LogP contribution in [0.2, 0.25) is 0 Å². The first-order valence-electron chi connectivity index (χ1n) is 8.30. The first kappa shape index (κ1) is 17.4. The second-order valence-corrected chi connectivity index (χ2v) is 8.19. The molecular weight excluding hydrogens is 458 g/mol. The van der Waals surface area contributed by atoms with Gasteiger partial charge in [-0.3, -0.25) is 4.79 Å². The van der Waals surface area contributed by atoms with Crippen molar-refractivity contribution in [3.05, 3.63) is 68.9 Å². The van der Waals surface area contributed by atoms with E-state index in [0.717, 1.165) is 41.9 Å². The lowest BCUT2D eigenvalue weighted by atomic mass is 9.90. The first-order chi connectivity index (χ1) is 12.5. The summed E-state index contributed by atoms with van der Waals surface area (Å²) in [7, 11) is 0. The van der Waals surface area contributed by atoms with Gasteiger partial charge in [0.2, 0.25) is 5.91 Å². The molecule has 0 atom stereocenters. The number of halogens is 2. The zero-order valence-electron chi connectivity index (χ0n) is 14.1. The van der Waals surface area contributed by atoms with E-state index in [4.69, 9.17) is 0 Å². The number of hydrogen-bond donors (Lipinski definition) is 3. The average Bonchev–Trinajstić information content (AvgIpc) is 3.19. The fourth-order valence-electron chi connectivity index (χ4n) is 3.44. The van der Waals surface area contributed by atoms with Gasteiger partial charge in [0.25, 0.3) is 0 Å². The van der Waals surface area contributed by atoms with Gasteiger partial charge in [-0.25, -0.2) is 0 Å². The molecule has 2 aromatic carbocycles. The fourth-order valence-corrected chi connectivity index (χ4v) is 4.16. The molecule has 0 aliphatic carbocycles. The summed E-state index contributed by atoms with van der Waals surface area (Å²) in [6.45, 7) is 2.09. The minimum Gasteiger partial charge on any atom is -0.361 e. The highest BCUT2D eigenvalue weighted by atomic mass is 79.9. The van der Waals surface area contributed by atoms with Gasteiger partial charge in [-0.15, -0.1) is 0 Å². The van der Waals surface area contributed by atoms with Gasteiger partial charge in [0.1, 0.15) is 0 Å². The summed E-state index contributed by atoms with van der Waals surface area (Å²) in [6, 6.07) is 12.4. The molecule has 0 aliphatic rings. The molecule has 1 amide bonds. The number of benzene rings is 2. The Labute approximate surface area is 167 Å². The van der Waals surface area contributed by atoms with Crippen LogP contribution in [0.4, 0.5) is 0 Å². The van der Waals surface area contributed by atoms with Gasteiger partial charge < -0.3 is 15.3 Å². The molecule has 0 saturated heterocycles. The van der Waals surface area contributed by atoms with E-state index < -0.39 is 0 Å². The summed E-state index contributed by atoms with van der Waals surface area (Å²) in [5.41, 5.74) is 4.49. The van der Waals surface area contributed by atoms with E-state index in [0.29, 0.717) is 6.54 Å². The maximum absolute atomic E-state index is 11.6. The number of hydrogen-bond acceptors (Lipinski definition) is 1. The third kappa shape index (κ3) is 3.19. The number of H-pyrrole nitrogens is 2. The van der Waals surface area contributed by atoms with E-state index in [9.17, 15) is 4.79 Å². The molecule has 132 valence electrons. The molecule has 2 aromatic heterocycles. The van der Waals surface area contributed by atoms with Crippen LogP contribution in [0.5, 0.6) is 0 Å². The summed E-state index contributed by atoms with van der Waals surface area (Å²) in [6.07, 6.45) is 4.08. The zero-order chi connectivity index (χ0) is 18.3. The lowest BCUT2D eigenvalue weighted by Gasteiger charge is -2.17. The van der Waals surface area contributed by atoms with Crippen molar-refractivity contribution in [2.75, 3.05) is 6.54 Å². The van der Waals surface area contributed by atoms with Crippen LogP contribution in [-0.4, -0.2) is 22.4 Å². The minimum atomic E-state index is -0.0305. The Hall–Kier alpha value is -2.05. The number of aromatic amines is 2. The van der Waals surface area contributed by atoms with Crippen LogP contribution in [0.1, 0.15) is 24.0 Å². The van der Waals surface area contributed by atoms with E-state index in [2.05, 4.69) is 71.4 Å². The molecule has 0 aliphatic heterocycles. The van der Waals surface area contributed by atoms with Crippen molar-refractivity contribution in [2.24, 2.45) is 0 Å². The van der Waals surface area contributed by atoms with Crippen LogP contribution in [0, 0.1) is 0 Å². The van der Waals surface area contributed by atoms with Crippen LogP contribution in [-0.2, 0) is 4.79 Å².